The molecule has 0 saturated carbocycles. The highest BCUT2D eigenvalue weighted by atomic mass is 16.8. The third kappa shape index (κ3) is 11.4. The number of aliphatic hydroxyl groups excluding tert-OH is 9. The van der Waals surface area contributed by atoms with Crippen LogP contribution < -0.4 is 11.1 Å². The second kappa shape index (κ2) is 21.9. The highest BCUT2D eigenvalue weighted by Gasteiger charge is 2.59. The molecule has 0 aromatic carbocycles. The predicted octanol–water partition coefficient (Wildman–Crippen LogP) is -5.72. The Kier molecular flexibility index (Phi) is 18.7. The van der Waals surface area contributed by atoms with E-state index in [9.17, 15) is 65.4 Å². The molecule has 3 aliphatic rings. The van der Waals surface area contributed by atoms with Gasteiger partial charge in [-0.05, 0) is 12.8 Å². The minimum absolute atomic E-state index is 0.111. The fraction of sp³-hybridized carbons (Fsp3) is 0.906. The Morgan fingerprint density at radius 2 is 1.50 bits per heavy atom. The van der Waals surface area contributed by atoms with Gasteiger partial charge in [0.05, 0.1) is 39.1 Å². The van der Waals surface area contributed by atoms with Gasteiger partial charge in [0, 0.05) is 19.4 Å². The van der Waals surface area contributed by atoms with Crippen LogP contribution in [0, 0.1) is 0 Å². The maximum absolute atomic E-state index is 12.6. The zero-order valence-corrected chi connectivity index (χ0v) is 29.9. The smallest absolute Gasteiger partial charge is 0.364 e. The number of esters is 1. The van der Waals surface area contributed by atoms with Crippen molar-refractivity contribution >= 4 is 18.3 Å². The van der Waals surface area contributed by atoms with Crippen LogP contribution in [0.5, 0.6) is 0 Å². The van der Waals surface area contributed by atoms with Crippen LogP contribution in [0.3, 0.4) is 0 Å². The van der Waals surface area contributed by atoms with Crippen LogP contribution in [-0.4, -0.2) is 201 Å². The number of nitrogens with two attached hydrogens (primary N) is 1. The van der Waals surface area contributed by atoms with E-state index in [0.717, 1.165) is 25.7 Å². The maximum Gasteiger partial charge on any atom is 0.364 e. The molecule has 0 unspecified atom stereocenters. The van der Waals surface area contributed by atoms with Gasteiger partial charge in [-0.1, -0.05) is 25.7 Å². The molecule has 0 aliphatic carbocycles. The van der Waals surface area contributed by atoms with Gasteiger partial charge in [-0.25, -0.2) is 4.79 Å². The van der Waals surface area contributed by atoms with Crippen LogP contribution in [0.2, 0.25) is 0 Å². The molecule has 314 valence electrons. The molecule has 0 aromatic heterocycles. The largest absolute Gasteiger partial charge is 0.477 e. The topological polar surface area (TPSA) is 356 Å². The number of methoxy groups -OCH3 is 1. The zero-order valence-electron chi connectivity index (χ0n) is 29.9. The Bertz CT molecular complexity index is 1160. The number of hydrogen-bond donors (Lipinski definition) is 12. The third-order valence-electron chi connectivity index (χ3n) is 9.71. The molecule has 0 bridgehead atoms. The molecule has 3 aliphatic heterocycles. The molecule has 1 amide bonds. The van der Waals surface area contributed by atoms with E-state index in [1.807, 2.05) is 0 Å². The molecule has 13 N–H and O–H groups in total. The minimum Gasteiger partial charge on any atom is -0.477 e. The van der Waals surface area contributed by atoms with Gasteiger partial charge in [0.25, 0.3) is 5.79 Å². The Balaban J connectivity index is 1.78. The highest BCUT2D eigenvalue weighted by Crippen LogP contribution is 2.38. The van der Waals surface area contributed by atoms with Crippen molar-refractivity contribution in [3.63, 3.8) is 0 Å². The fourth-order valence-electron chi connectivity index (χ4n) is 6.55. The van der Waals surface area contributed by atoms with Gasteiger partial charge in [0.15, 0.2) is 12.6 Å². The Hall–Kier alpha value is -2.23. The lowest BCUT2D eigenvalue weighted by atomic mass is 9.88. The molecule has 22 heteroatoms. The summed E-state index contributed by atoms with van der Waals surface area (Å²) in [4.78, 5) is 35.6. The van der Waals surface area contributed by atoms with Crippen LogP contribution in [0.1, 0.15) is 51.4 Å². The average Bonchev–Trinajstić information content (AvgIpc) is 3.16. The van der Waals surface area contributed by atoms with Crippen LogP contribution in [0.4, 0.5) is 0 Å². The monoisotopic (exact) mass is 788 g/mol. The Labute approximate surface area is 310 Å². The number of rotatable bonds is 22. The lowest BCUT2D eigenvalue weighted by Gasteiger charge is -2.50. The standard InChI is InChI=1S/C32H56N2O20/c1-48-19(41)8-6-4-2-3-5-7-9-49-29-21(34-14-38)27(23(43)17(12-36)50-29)52-30-25(45)28(24(44)18(13-37)51-30)54-32(31(46)47)10-15(39)20(33)26(53-32)22(42)16(40)11-35/h14-18,20-30,35-37,39-40,42-45H,2-13,33H2,1H3,(H,34,38)(H,46,47)/t15-,16+,17+,18+,20+,21+,22+,23+,24-,25+,26+,27+,28-,29+,30-,32-/m0/s1. The average molecular weight is 789 g/mol. The SMILES string of the molecule is COC(=O)CCCCCCCCO[C@@H]1O[C@H](CO)[C@@H](O)[C@H](O[C@@H]2O[C@H](CO)[C@H](O)[C@H](O[C@]3(C(=O)O)C[C@H](O)[C@@H](N)[C@H]([C@H](O)[C@H](O)CO)O3)[C@H]2O)[C@H]1NC=O. The van der Waals surface area contributed by atoms with Gasteiger partial charge < -0.3 is 95.3 Å². The summed E-state index contributed by atoms with van der Waals surface area (Å²) in [6.07, 6.45) is -19.1. The van der Waals surface area contributed by atoms with Crippen LogP contribution in [-0.2, 0) is 47.5 Å². The summed E-state index contributed by atoms with van der Waals surface area (Å²) in [5.74, 6) is -5.16. The molecule has 3 rings (SSSR count). The van der Waals surface area contributed by atoms with Crippen LogP contribution in [0.25, 0.3) is 0 Å². The van der Waals surface area contributed by atoms with Crippen LogP contribution >= 0.6 is 0 Å². The summed E-state index contributed by atoms with van der Waals surface area (Å²) in [5, 5.41) is 107. The summed E-state index contributed by atoms with van der Waals surface area (Å²) in [5.41, 5.74) is 5.91. The van der Waals surface area contributed by atoms with Crippen molar-refractivity contribution in [2.24, 2.45) is 5.73 Å². The van der Waals surface area contributed by atoms with Gasteiger partial charge in [-0.15, -0.1) is 0 Å². The second-order valence-electron chi connectivity index (χ2n) is 13.5. The van der Waals surface area contributed by atoms with Gasteiger partial charge in [-0.3, -0.25) is 9.59 Å². The van der Waals surface area contributed by atoms with E-state index in [2.05, 4.69) is 10.1 Å². The second-order valence-corrected chi connectivity index (χ2v) is 13.5. The molecule has 16 atom stereocenters. The van der Waals surface area contributed by atoms with Crippen molar-refractivity contribution in [3.8, 4) is 0 Å². The van der Waals surface area contributed by atoms with Crippen molar-refractivity contribution in [2.75, 3.05) is 33.5 Å². The normalized spacial score (nSPS) is 38.3. The van der Waals surface area contributed by atoms with E-state index in [4.69, 9.17) is 34.2 Å². The molecular weight excluding hydrogens is 732 g/mol. The van der Waals surface area contributed by atoms with E-state index >= 15 is 0 Å². The summed E-state index contributed by atoms with van der Waals surface area (Å²) < 4.78 is 38.8. The lowest BCUT2D eigenvalue weighted by molar-refractivity contribution is -0.380. The molecule has 3 fully saturated rings. The number of carboxylic acid groups (broad SMARTS) is 1. The fourth-order valence-corrected chi connectivity index (χ4v) is 6.55. The van der Waals surface area contributed by atoms with E-state index in [1.54, 1.807) is 0 Å². The van der Waals surface area contributed by atoms with Gasteiger partial charge in [0.1, 0.15) is 67.1 Å². The summed E-state index contributed by atoms with van der Waals surface area (Å²) in [6, 6.07) is -2.81. The highest BCUT2D eigenvalue weighted by molar-refractivity contribution is 5.76. The number of nitrogens with one attached hydrogen (secondary N) is 1. The third-order valence-corrected chi connectivity index (χ3v) is 9.71. The Morgan fingerprint density at radius 3 is 2.07 bits per heavy atom. The summed E-state index contributed by atoms with van der Waals surface area (Å²) >= 11 is 0. The van der Waals surface area contributed by atoms with Crippen molar-refractivity contribution in [1.82, 2.24) is 5.32 Å². The number of carbonyl (C=O) groups is 3. The van der Waals surface area contributed by atoms with Gasteiger partial charge in [0.2, 0.25) is 6.41 Å². The number of carbonyl (C=O) groups excluding carboxylic acids is 2. The molecule has 0 radical (unpaired) electrons. The number of aliphatic hydroxyl groups is 9. The first-order chi connectivity index (χ1) is 25.7. The van der Waals surface area contributed by atoms with E-state index in [-0.39, 0.29) is 19.0 Å². The predicted molar refractivity (Wildman–Crippen MR) is 175 cm³/mol. The van der Waals surface area contributed by atoms with E-state index in [1.165, 1.54) is 7.11 Å². The van der Waals surface area contributed by atoms with Gasteiger partial charge >= 0.3 is 11.9 Å². The van der Waals surface area contributed by atoms with Crippen molar-refractivity contribution in [1.29, 1.82) is 0 Å². The number of amides is 1. The first kappa shape index (κ1) is 46.2. The van der Waals surface area contributed by atoms with E-state index < -0.39 is 130 Å². The van der Waals surface area contributed by atoms with Crippen LogP contribution in [0.15, 0.2) is 0 Å². The Morgan fingerprint density at radius 1 is 0.907 bits per heavy atom. The molecule has 54 heavy (non-hydrogen) atoms. The number of ether oxygens (including phenoxy) is 7. The minimum atomic E-state index is -2.96. The first-order valence-electron chi connectivity index (χ1n) is 17.8. The number of unbranched alkanes of at least 4 members (excludes halogenated alkanes) is 5. The van der Waals surface area contributed by atoms with Gasteiger partial charge in [-0.2, -0.15) is 0 Å². The van der Waals surface area contributed by atoms with Crippen molar-refractivity contribution in [3.05, 3.63) is 0 Å². The van der Waals surface area contributed by atoms with Crippen molar-refractivity contribution < 1.29 is 98.6 Å². The molecule has 0 aromatic rings. The quantitative estimate of drug-likeness (QED) is 0.0276. The molecule has 3 saturated heterocycles. The molecule has 0 spiro atoms. The zero-order chi connectivity index (χ0) is 40.2. The molecular formula is C32H56N2O20. The molecule has 3 heterocycles. The lowest BCUT2D eigenvalue weighted by Crippen LogP contribution is -2.70. The summed E-state index contributed by atoms with van der Waals surface area (Å²) in [7, 11) is 1.33. The summed E-state index contributed by atoms with van der Waals surface area (Å²) in [6.45, 7) is -2.59. The van der Waals surface area contributed by atoms with E-state index in [0.29, 0.717) is 19.3 Å². The maximum atomic E-state index is 12.6. The number of carboxylic acids is 1. The first-order valence-corrected chi connectivity index (χ1v) is 17.8. The van der Waals surface area contributed by atoms with Crippen molar-refractivity contribution in [2.45, 2.75) is 149 Å². The number of aliphatic carboxylic acids is 1. The molecule has 22 nitrogen and oxygen atoms in total. The number of hydrogen-bond acceptors (Lipinski definition) is 20.